The SMILES string of the molecule is O=[C]OCSCCl. The molecule has 0 spiro atoms. The molecule has 0 aliphatic carbocycles. The normalized spacial score (nSPS) is 8.14. The van der Waals surface area contributed by atoms with Gasteiger partial charge in [0.1, 0.15) is 5.94 Å². The van der Waals surface area contributed by atoms with E-state index in [1.807, 2.05) is 0 Å². The summed E-state index contributed by atoms with van der Waals surface area (Å²) in [6, 6.07) is 0. The molecule has 0 aliphatic heterocycles. The highest BCUT2D eigenvalue weighted by atomic mass is 35.5. The number of alkyl halides is 1. The zero-order chi connectivity index (χ0) is 5.54. The number of hydrogen-bond donors (Lipinski definition) is 0. The molecule has 0 rings (SSSR count). The first-order chi connectivity index (χ1) is 3.41. The molecule has 1 radical (unpaired) electrons. The van der Waals surface area contributed by atoms with Crippen molar-refractivity contribution in [3.63, 3.8) is 0 Å². The van der Waals surface area contributed by atoms with E-state index >= 15 is 0 Å². The summed E-state index contributed by atoms with van der Waals surface area (Å²) in [7, 11) is 0. The summed E-state index contributed by atoms with van der Waals surface area (Å²) in [4.78, 5) is 9.28. The minimum atomic E-state index is 0.299. The molecule has 0 saturated heterocycles. The van der Waals surface area contributed by atoms with Gasteiger partial charge < -0.3 is 4.74 Å². The first kappa shape index (κ1) is 7.11. The number of thioether (sulfide) groups is 1. The van der Waals surface area contributed by atoms with Crippen LogP contribution >= 0.6 is 23.4 Å². The van der Waals surface area contributed by atoms with Gasteiger partial charge in [-0.3, -0.25) is 0 Å². The van der Waals surface area contributed by atoms with Crippen LogP contribution in [0.3, 0.4) is 0 Å². The van der Waals surface area contributed by atoms with E-state index < -0.39 is 0 Å². The molecular weight excluding hydrogens is 136 g/mol. The Balaban J connectivity index is 2.56. The van der Waals surface area contributed by atoms with Crippen LogP contribution in [0.25, 0.3) is 0 Å². The van der Waals surface area contributed by atoms with Crippen LogP contribution in [0.2, 0.25) is 0 Å². The van der Waals surface area contributed by atoms with Crippen molar-refractivity contribution in [3.8, 4) is 0 Å². The van der Waals surface area contributed by atoms with Gasteiger partial charge in [-0.1, -0.05) is 0 Å². The van der Waals surface area contributed by atoms with Crippen LogP contribution in [0.1, 0.15) is 0 Å². The van der Waals surface area contributed by atoms with Gasteiger partial charge in [0.05, 0.1) is 5.21 Å². The molecule has 41 valence electrons. The van der Waals surface area contributed by atoms with Crippen LogP contribution in [-0.4, -0.2) is 17.6 Å². The lowest BCUT2D eigenvalue weighted by molar-refractivity contribution is 0.337. The van der Waals surface area contributed by atoms with E-state index in [0.29, 0.717) is 11.2 Å². The van der Waals surface area contributed by atoms with Crippen LogP contribution in [-0.2, 0) is 9.53 Å². The van der Waals surface area contributed by atoms with Gasteiger partial charge in [0, 0.05) is 0 Å². The zero-order valence-corrected chi connectivity index (χ0v) is 5.09. The standard InChI is InChI=1S/C3H4ClO2S/c4-1-7-3-6-2-5/h1,3H2. The fraction of sp³-hybridized carbons (Fsp3) is 0.667. The zero-order valence-electron chi connectivity index (χ0n) is 3.52. The Labute approximate surface area is 51.2 Å². The van der Waals surface area contributed by atoms with E-state index in [2.05, 4.69) is 4.74 Å². The van der Waals surface area contributed by atoms with Gasteiger partial charge in [0.2, 0.25) is 0 Å². The molecule has 0 amide bonds. The molecule has 0 heterocycles. The number of halogens is 1. The maximum atomic E-state index is 9.28. The summed E-state index contributed by atoms with van der Waals surface area (Å²) in [5.41, 5.74) is 0. The fourth-order valence-corrected chi connectivity index (χ4v) is 0.481. The quantitative estimate of drug-likeness (QED) is 0.330. The number of ether oxygens (including phenoxy) is 1. The Bertz CT molecular complexity index is 50.2. The van der Waals surface area contributed by atoms with E-state index in [-0.39, 0.29) is 0 Å². The average Bonchev–Trinajstić information content (AvgIpc) is 1.69. The number of rotatable bonds is 4. The molecule has 0 aromatic carbocycles. The molecule has 4 heteroatoms. The van der Waals surface area contributed by atoms with Crippen molar-refractivity contribution in [3.05, 3.63) is 0 Å². The highest BCUT2D eigenvalue weighted by molar-refractivity contribution is 8.00. The first-order valence-corrected chi connectivity index (χ1v) is 3.23. The minimum Gasteiger partial charge on any atom is -0.446 e. The van der Waals surface area contributed by atoms with Crippen molar-refractivity contribution in [2.75, 3.05) is 11.2 Å². The Kier molecular flexibility index (Phi) is 6.21. The second-order valence-electron chi connectivity index (χ2n) is 0.659. The summed E-state index contributed by atoms with van der Waals surface area (Å²) in [6.07, 6.45) is 0. The van der Waals surface area contributed by atoms with Gasteiger partial charge in [0.15, 0.2) is 0 Å². The van der Waals surface area contributed by atoms with Crippen LogP contribution in [0.15, 0.2) is 0 Å². The van der Waals surface area contributed by atoms with Crippen molar-refractivity contribution >= 4 is 29.8 Å². The van der Waals surface area contributed by atoms with Crippen LogP contribution in [0, 0.1) is 0 Å². The number of hydrogen-bond acceptors (Lipinski definition) is 3. The molecule has 0 aliphatic rings. The van der Waals surface area contributed by atoms with Gasteiger partial charge in [0.25, 0.3) is 0 Å². The molecule has 0 fully saturated rings. The van der Waals surface area contributed by atoms with E-state index in [9.17, 15) is 4.79 Å². The molecule has 0 saturated carbocycles. The first-order valence-electron chi connectivity index (χ1n) is 1.54. The smallest absolute Gasteiger partial charge is 0.418 e. The Morgan fingerprint density at radius 2 is 2.57 bits per heavy atom. The summed E-state index contributed by atoms with van der Waals surface area (Å²) < 4.78 is 4.15. The van der Waals surface area contributed by atoms with Gasteiger partial charge in [-0.05, 0) is 0 Å². The van der Waals surface area contributed by atoms with Gasteiger partial charge in [-0.25, -0.2) is 4.79 Å². The topological polar surface area (TPSA) is 26.3 Å². The highest BCUT2D eigenvalue weighted by Gasteiger charge is 1.80. The van der Waals surface area contributed by atoms with E-state index in [4.69, 9.17) is 11.6 Å². The summed E-state index contributed by atoms with van der Waals surface area (Å²) in [5.74, 6) is 0.299. The molecule has 0 atom stereocenters. The number of carbonyl (C=O) groups excluding carboxylic acids is 1. The Morgan fingerprint density at radius 3 is 3.00 bits per heavy atom. The van der Waals surface area contributed by atoms with E-state index in [1.54, 1.807) is 0 Å². The maximum Gasteiger partial charge on any atom is 0.418 e. The van der Waals surface area contributed by atoms with Crippen molar-refractivity contribution < 1.29 is 9.53 Å². The monoisotopic (exact) mass is 139 g/mol. The van der Waals surface area contributed by atoms with Crippen molar-refractivity contribution in [2.45, 2.75) is 0 Å². The predicted molar refractivity (Wildman–Crippen MR) is 30.0 cm³/mol. The van der Waals surface area contributed by atoms with Gasteiger partial charge in [-0.15, -0.1) is 23.4 Å². The third kappa shape index (κ3) is 6.11. The lowest BCUT2D eigenvalue weighted by atomic mass is 11.5. The summed E-state index contributed by atoms with van der Waals surface area (Å²) in [6.45, 7) is 1.27. The molecule has 0 unspecified atom stereocenters. The lowest BCUT2D eigenvalue weighted by Crippen LogP contribution is -1.83. The largest absolute Gasteiger partial charge is 0.446 e. The average molecular weight is 140 g/mol. The maximum absolute atomic E-state index is 9.28. The van der Waals surface area contributed by atoms with Crippen molar-refractivity contribution in [2.24, 2.45) is 0 Å². The summed E-state index contributed by atoms with van der Waals surface area (Å²) in [5, 5.41) is 0.446. The van der Waals surface area contributed by atoms with Gasteiger partial charge in [-0.2, -0.15) is 0 Å². The molecule has 0 bridgehead atoms. The van der Waals surface area contributed by atoms with Crippen molar-refractivity contribution in [1.29, 1.82) is 0 Å². The second-order valence-corrected chi connectivity index (χ2v) is 2.18. The predicted octanol–water partition coefficient (Wildman–Crippen LogP) is 0.957. The van der Waals surface area contributed by atoms with Crippen molar-refractivity contribution in [1.82, 2.24) is 0 Å². The molecular formula is C3H4ClO2S. The van der Waals surface area contributed by atoms with Crippen LogP contribution < -0.4 is 0 Å². The Hall–Kier alpha value is 0.110. The minimum absolute atomic E-state index is 0.299. The second kappa shape index (κ2) is 6.11. The lowest BCUT2D eigenvalue weighted by Gasteiger charge is -1.88. The molecule has 2 nitrogen and oxygen atoms in total. The highest BCUT2D eigenvalue weighted by Crippen LogP contribution is 1.99. The third-order valence-electron chi connectivity index (χ3n) is 0.278. The van der Waals surface area contributed by atoms with E-state index in [0.717, 1.165) is 0 Å². The Morgan fingerprint density at radius 1 is 1.86 bits per heavy atom. The van der Waals surface area contributed by atoms with Gasteiger partial charge >= 0.3 is 6.47 Å². The molecule has 0 aromatic heterocycles. The third-order valence-corrected chi connectivity index (χ3v) is 1.18. The molecule has 0 N–H and O–H groups in total. The summed E-state index contributed by atoms with van der Waals surface area (Å²) >= 11 is 6.50. The molecule has 0 aromatic rings. The fourth-order valence-electron chi connectivity index (χ4n) is 0.0972. The van der Waals surface area contributed by atoms with Crippen LogP contribution in [0.5, 0.6) is 0 Å². The molecule has 7 heavy (non-hydrogen) atoms. The van der Waals surface area contributed by atoms with E-state index in [1.165, 1.54) is 18.2 Å². The van der Waals surface area contributed by atoms with Crippen LogP contribution in [0.4, 0.5) is 0 Å².